The Morgan fingerprint density at radius 3 is 2.47 bits per heavy atom. The Hall–Kier alpha value is -0.860. The molecular formula is C15H23NO. The van der Waals surface area contributed by atoms with Crippen molar-refractivity contribution >= 4 is 0 Å². The highest BCUT2D eigenvalue weighted by molar-refractivity contribution is 5.14. The van der Waals surface area contributed by atoms with E-state index in [0.29, 0.717) is 0 Å². The SMILES string of the molecule is OC1(CCNCc2ccccc2)CCCCC1. The highest BCUT2D eigenvalue weighted by Crippen LogP contribution is 2.30. The monoisotopic (exact) mass is 233 g/mol. The minimum atomic E-state index is -0.387. The van der Waals surface area contributed by atoms with Crippen LogP contribution in [0.2, 0.25) is 0 Å². The summed E-state index contributed by atoms with van der Waals surface area (Å²) in [6.45, 7) is 1.81. The van der Waals surface area contributed by atoms with Crippen LogP contribution in [0.4, 0.5) is 0 Å². The van der Waals surface area contributed by atoms with Crippen molar-refractivity contribution in [1.29, 1.82) is 0 Å². The third-order valence-electron chi connectivity index (χ3n) is 3.72. The fourth-order valence-corrected chi connectivity index (χ4v) is 2.61. The molecule has 0 aromatic heterocycles. The number of benzene rings is 1. The molecule has 2 N–H and O–H groups in total. The third kappa shape index (κ3) is 4.14. The van der Waals surface area contributed by atoms with E-state index in [9.17, 15) is 5.11 Å². The molecule has 0 radical (unpaired) electrons. The second-order valence-corrected chi connectivity index (χ2v) is 5.20. The molecule has 1 aliphatic rings. The van der Waals surface area contributed by atoms with E-state index >= 15 is 0 Å². The summed E-state index contributed by atoms with van der Waals surface area (Å²) in [5, 5.41) is 13.7. The summed E-state index contributed by atoms with van der Waals surface area (Å²) in [6.07, 6.45) is 6.53. The third-order valence-corrected chi connectivity index (χ3v) is 3.72. The quantitative estimate of drug-likeness (QED) is 0.766. The van der Waals surface area contributed by atoms with E-state index in [4.69, 9.17) is 0 Å². The summed E-state index contributed by atoms with van der Waals surface area (Å²) in [5.41, 5.74) is 0.921. The first kappa shape index (κ1) is 12.6. The maximum Gasteiger partial charge on any atom is 0.0659 e. The van der Waals surface area contributed by atoms with Crippen LogP contribution in [0.1, 0.15) is 44.1 Å². The molecule has 1 saturated carbocycles. The van der Waals surface area contributed by atoms with Gasteiger partial charge in [-0.3, -0.25) is 0 Å². The Kier molecular flexibility index (Phi) is 4.57. The molecule has 0 amide bonds. The summed E-state index contributed by atoms with van der Waals surface area (Å²) in [6, 6.07) is 10.4. The summed E-state index contributed by atoms with van der Waals surface area (Å²) >= 11 is 0. The van der Waals surface area contributed by atoms with Crippen molar-refractivity contribution in [2.45, 2.75) is 50.7 Å². The molecule has 0 saturated heterocycles. The smallest absolute Gasteiger partial charge is 0.0659 e. The number of rotatable bonds is 5. The lowest BCUT2D eigenvalue weighted by atomic mass is 9.82. The topological polar surface area (TPSA) is 32.3 Å². The number of hydrogen-bond acceptors (Lipinski definition) is 2. The van der Waals surface area contributed by atoms with Crippen LogP contribution in [-0.4, -0.2) is 17.3 Å². The average Bonchev–Trinajstić information content (AvgIpc) is 2.37. The Bertz CT molecular complexity index is 317. The fraction of sp³-hybridized carbons (Fsp3) is 0.600. The predicted octanol–water partition coefficient (Wildman–Crippen LogP) is 2.86. The lowest BCUT2D eigenvalue weighted by Crippen LogP contribution is -2.35. The molecule has 0 spiro atoms. The van der Waals surface area contributed by atoms with Gasteiger partial charge >= 0.3 is 0 Å². The molecule has 94 valence electrons. The minimum Gasteiger partial charge on any atom is -0.390 e. The Labute approximate surface area is 104 Å². The van der Waals surface area contributed by atoms with Gasteiger partial charge in [-0.1, -0.05) is 49.6 Å². The van der Waals surface area contributed by atoms with Gasteiger partial charge in [-0.15, -0.1) is 0 Å². The van der Waals surface area contributed by atoms with E-state index in [-0.39, 0.29) is 5.60 Å². The Morgan fingerprint density at radius 2 is 1.76 bits per heavy atom. The van der Waals surface area contributed by atoms with Crippen LogP contribution in [-0.2, 0) is 6.54 Å². The van der Waals surface area contributed by atoms with Gasteiger partial charge in [0.15, 0.2) is 0 Å². The molecule has 0 bridgehead atoms. The Morgan fingerprint density at radius 1 is 1.06 bits per heavy atom. The second kappa shape index (κ2) is 6.18. The molecule has 1 fully saturated rings. The highest BCUT2D eigenvalue weighted by Gasteiger charge is 2.28. The fourth-order valence-electron chi connectivity index (χ4n) is 2.61. The van der Waals surface area contributed by atoms with E-state index in [1.54, 1.807) is 0 Å². The van der Waals surface area contributed by atoms with Gasteiger partial charge in [0, 0.05) is 6.54 Å². The molecule has 1 aromatic rings. The van der Waals surface area contributed by atoms with Crippen LogP contribution in [0, 0.1) is 0 Å². The number of aliphatic hydroxyl groups is 1. The molecule has 2 rings (SSSR count). The number of nitrogens with one attached hydrogen (secondary N) is 1. The standard InChI is InChI=1S/C15H23NO/c17-15(9-5-2-6-10-15)11-12-16-13-14-7-3-1-4-8-14/h1,3-4,7-8,16-17H,2,5-6,9-13H2. The molecule has 2 nitrogen and oxygen atoms in total. The van der Waals surface area contributed by atoms with Crippen molar-refractivity contribution in [3.8, 4) is 0 Å². The summed E-state index contributed by atoms with van der Waals surface area (Å²) in [7, 11) is 0. The van der Waals surface area contributed by atoms with Crippen molar-refractivity contribution in [2.75, 3.05) is 6.54 Å². The van der Waals surface area contributed by atoms with Crippen molar-refractivity contribution in [2.24, 2.45) is 0 Å². The van der Waals surface area contributed by atoms with Gasteiger partial charge in [0.2, 0.25) is 0 Å². The first-order valence-electron chi connectivity index (χ1n) is 6.76. The average molecular weight is 233 g/mol. The Balaban J connectivity index is 1.66. The molecule has 1 aromatic carbocycles. The van der Waals surface area contributed by atoms with Gasteiger partial charge in [-0.05, 0) is 31.4 Å². The van der Waals surface area contributed by atoms with Gasteiger partial charge in [0.25, 0.3) is 0 Å². The van der Waals surface area contributed by atoms with E-state index in [1.807, 2.05) is 6.07 Å². The summed E-state index contributed by atoms with van der Waals surface area (Å²) < 4.78 is 0. The van der Waals surface area contributed by atoms with Crippen molar-refractivity contribution < 1.29 is 5.11 Å². The maximum atomic E-state index is 10.3. The maximum absolute atomic E-state index is 10.3. The van der Waals surface area contributed by atoms with Crippen LogP contribution in [0.15, 0.2) is 30.3 Å². The van der Waals surface area contributed by atoms with Crippen LogP contribution < -0.4 is 5.32 Å². The van der Waals surface area contributed by atoms with Gasteiger partial charge in [0.05, 0.1) is 5.60 Å². The van der Waals surface area contributed by atoms with Gasteiger partial charge in [-0.25, -0.2) is 0 Å². The van der Waals surface area contributed by atoms with Gasteiger partial charge in [0.1, 0.15) is 0 Å². The lowest BCUT2D eigenvalue weighted by molar-refractivity contribution is -0.00330. The zero-order valence-electron chi connectivity index (χ0n) is 10.5. The molecule has 2 heteroatoms. The summed E-state index contributed by atoms with van der Waals surface area (Å²) in [4.78, 5) is 0. The molecule has 0 heterocycles. The van der Waals surface area contributed by atoms with Crippen LogP contribution >= 0.6 is 0 Å². The van der Waals surface area contributed by atoms with Gasteiger partial charge < -0.3 is 10.4 Å². The van der Waals surface area contributed by atoms with Crippen LogP contribution in [0.5, 0.6) is 0 Å². The molecular weight excluding hydrogens is 210 g/mol. The minimum absolute atomic E-state index is 0.387. The van der Waals surface area contributed by atoms with E-state index in [2.05, 4.69) is 29.6 Å². The predicted molar refractivity (Wildman–Crippen MR) is 70.8 cm³/mol. The zero-order valence-corrected chi connectivity index (χ0v) is 10.5. The lowest BCUT2D eigenvalue weighted by Gasteiger charge is -2.32. The molecule has 17 heavy (non-hydrogen) atoms. The van der Waals surface area contributed by atoms with Crippen molar-refractivity contribution in [3.63, 3.8) is 0 Å². The summed E-state index contributed by atoms with van der Waals surface area (Å²) in [5.74, 6) is 0. The molecule has 0 atom stereocenters. The normalized spacial score (nSPS) is 19.1. The first-order valence-corrected chi connectivity index (χ1v) is 6.76. The zero-order chi connectivity index (χ0) is 12.0. The molecule has 0 aliphatic heterocycles. The van der Waals surface area contributed by atoms with E-state index < -0.39 is 0 Å². The number of hydrogen-bond donors (Lipinski definition) is 2. The highest BCUT2D eigenvalue weighted by atomic mass is 16.3. The van der Waals surface area contributed by atoms with E-state index in [0.717, 1.165) is 32.4 Å². The first-order chi connectivity index (χ1) is 8.29. The molecule has 0 unspecified atom stereocenters. The van der Waals surface area contributed by atoms with Gasteiger partial charge in [-0.2, -0.15) is 0 Å². The van der Waals surface area contributed by atoms with Crippen molar-refractivity contribution in [1.82, 2.24) is 5.32 Å². The largest absolute Gasteiger partial charge is 0.390 e. The van der Waals surface area contributed by atoms with Crippen LogP contribution in [0.25, 0.3) is 0 Å². The van der Waals surface area contributed by atoms with E-state index in [1.165, 1.54) is 24.8 Å². The second-order valence-electron chi connectivity index (χ2n) is 5.20. The van der Waals surface area contributed by atoms with Crippen molar-refractivity contribution in [3.05, 3.63) is 35.9 Å². The molecule has 1 aliphatic carbocycles. The van der Waals surface area contributed by atoms with Crippen LogP contribution in [0.3, 0.4) is 0 Å².